The molecule has 0 aliphatic heterocycles. The van der Waals surface area contributed by atoms with Gasteiger partial charge >= 0.3 is 0 Å². The number of halogens is 1. The minimum Gasteiger partial charge on any atom is -0.505 e. The number of hydrogen-bond acceptors (Lipinski definition) is 3. The minimum absolute atomic E-state index is 0.0486. The third kappa shape index (κ3) is 3.92. The molecule has 0 unspecified atom stereocenters. The molecule has 2 aromatic rings. The standard InChI is InChI=1S/C15H14ClNO2S/c1-10-7-11(16)8-13(15(10)19)17-14(18)9-20-12-5-3-2-4-6-12/h2-8,19H,9H2,1H3,(H,17,18). The molecular formula is C15H14ClNO2S. The maximum atomic E-state index is 11.9. The van der Waals surface area contributed by atoms with Crippen LogP contribution in [0.1, 0.15) is 5.56 Å². The number of phenolic OH excluding ortho intramolecular Hbond substituents is 1. The van der Waals surface area contributed by atoms with Gasteiger partial charge in [0.2, 0.25) is 5.91 Å². The third-order valence-corrected chi connectivity index (χ3v) is 3.88. The number of carbonyl (C=O) groups excluding carboxylic acids is 1. The van der Waals surface area contributed by atoms with Crippen molar-refractivity contribution < 1.29 is 9.90 Å². The van der Waals surface area contributed by atoms with Crippen molar-refractivity contribution in [3.63, 3.8) is 0 Å². The zero-order chi connectivity index (χ0) is 14.5. The topological polar surface area (TPSA) is 49.3 Å². The monoisotopic (exact) mass is 307 g/mol. The van der Waals surface area contributed by atoms with E-state index in [9.17, 15) is 9.90 Å². The number of rotatable bonds is 4. The summed E-state index contributed by atoms with van der Waals surface area (Å²) >= 11 is 7.35. The molecule has 2 aromatic carbocycles. The van der Waals surface area contributed by atoms with Crippen molar-refractivity contribution in [1.82, 2.24) is 0 Å². The average molecular weight is 308 g/mol. The zero-order valence-electron chi connectivity index (χ0n) is 10.9. The van der Waals surface area contributed by atoms with E-state index in [-0.39, 0.29) is 17.4 Å². The second-order valence-corrected chi connectivity index (χ2v) is 5.75. The zero-order valence-corrected chi connectivity index (χ0v) is 12.5. The quantitative estimate of drug-likeness (QED) is 0.661. The van der Waals surface area contributed by atoms with Gasteiger partial charge in [0.25, 0.3) is 0 Å². The number of hydrogen-bond donors (Lipinski definition) is 2. The number of carbonyl (C=O) groups is 1. The number of nitrogens with one attached hydrogen (secondary N) is 1. The fraction of sp³-hybridized carbons (Fsp3) is 0.133. The minimum atomic E-state index is -0.184. The smallest absolute Gasteiger partial charge is 0.234 e. The fourth-order valence-corrected chi connectivity index (χ4v) is 2.67. The van der Waals surface area contributed by atoms with Crippen molar-refractivity contribution in [3.8, 4) is 5.75 Å². The van der Waals surface area contributed by atoms with Crippen LogP contribution < -0.4 is 5.32 Å². The molecule has 2 rings (SSSR count). The predicted octanol–water partition coefficient (Wildman–Crippen LogP) is 4.08. The van der Waals surface area contributed by atoms with E-state index in [1.54, 1.807) is 13.0 Å². The summed E-state index contributed by atoms with van der Waals surface area (Å²) in [6.07, 6.45) is 0. The molecule has 1 amide bonds. The van der Waals surface area contributed by atoms with E-state index >= 15 is 0 Å². The Balaban J connectivity index is 1.98. The Hall–Kier alpha value is -1.65. The van der Waals surface area contributed by atoms with Crippen molar-refractivity contribution in [3.05, 3.63) is 53.1 Å². The van der Waals surface area contributed by atoms with Crippen molar-refractivity contribution >= 4 is 35.0 Å². The van der Waals surface area contributed by atoms with Crippen LogP contribution in [-0.2, 0) is 4.79 Å². The number of aromatic hydroxyl groups is 1. The summed E-state index contributed by atoms with van der Waals surface area (Å²) in [7, 11) is 0. The summed E-state index contributed by atoms with van der Waals surface area (Å²) < 4.78 is 0. The van der Waals surface area contributed by atoms with Gasteiger partial charge in [0, 0.05) is 9.92 Å². The average Bonchev–Trinajstić information content (AvgIpc) is 2.43. The maximum Gasteiger partial charge on any atom is 0.234 e. The van der Waals surface area contributed by atoms with Gasteiger partial charge in [-0.3, -0.25) is 4.79 Å². The van der Waals surface area contributed by atoms with Gasteiger partial charge in [0.15, 0.2) is 0 Å². The summed E-state index contributed by atoms with van der Waals surface area (Å²) in [6.45, 7) is 1.73. The van der Waals surface area contributed by atoms with E-state index in [1.165, 1.54) is 17.8 Å². The van der Waals surface area contributed by atoms with Gasteiger partial charge in [-0.05, 0) is 36.8 Å². The van der Waals surface area contributed by atoms with Crippen LogP contribution in [0.5, 0.6) is 5.75 Å². The van der Waals surface area contributed by atoms with Crippen LogP contribution in [0.25, 0.3) is 0 Å². The maximum absolute atomic E-state index is 11.9. The lowest BCUT2D eigenvalue weighted by Gasteiger charge is -2.10. The lowest BCUT2D eigenvalue weighted by molar-refractivity contribution is -0.113. The molecule has 0 bridgehead atoms. The SMILES string of the molecule is Cc1cc(Cl)cc(NC(=O)CSc2ccccc2)c1O. The largest absolute Gasteiger partial charge is 0.505 e. The molecule has 20 heavy (non-hydrogen) atoms. The Morgan fingerprint density at radius 3 is 2.70 bits per heavy atom. The van der Waals surface area contributed by atoms with Crippen LogP contribution in [0.15, 0.2) is 47.4 Å². The summed E-state index contributed by atoms with van der Waals surface area (Å²) in [6, 6.07) is 12.8. The molecule has 0 saturated heterocycles. The Labute approximate surface area is 127 Å². The molecule has 0 spiro atoms. The molecule has 0 aliphatic rings. The summed E-state index contributed by atoms with van der Waals surface area (Å²) in [5.41, 5.74) is 0.970. The summed E-state index contributed by atoms with van der Waals surface area (Å²) in [5.74, 6) is 0.137. The van der Waals surface area contributed by atoms with E-state index in [0.29, 0.717) is 16.3 Å². The molecule has 0 aliphatic carbocycles. The van der Waals surface area contributed by atoms with E-state index < -0.39 is 0 Å². The highest BCUT2D eigenvalue weighted by atomic mass is 35.5. The third-order valence-electron chi connectivity index (χ3n) is 2.65. The molecule has 0 atom stereocenters. The Bertz CT molecular complexity index is 617. The molecular weight excluding hydrogens is 294 g/mol. The first-order chi connectivity index (χ1) is 9.56. The lowest BCUT2D eigenvalue weighted by Crippen LogP contribution is -2.14. The highest BCUT2D eigenvalue weighted by Gasteiger charge is 2.10. The van der Waals surface area contributed by atoms with Crippen molar-refractivity contribution in [2.45, 2.75) is 11.8 Å². The number of amides is 1. The number of aryl methyl sites for hydroxylation is 1. The number of anilines is 1. The molecule has 0 fully saturated rings. The number of thioether (sulfide) groups is 1. The fourth-order valence-electron chi connectivity index (χ4n) is 1.68. The van der Waals surface area contributed by atoms with Crippen molar-refractivity contribution in [2.75, 3.05) is 11.1 Å². The van der Waals surface area contributed by atoms with Gasteiger partial charge in [-0.2, -0.15) is 0 Å². The highest BCUT2D eigenvalue weighted by Crippen LogP contribution is 2.31. The van der Waals surface area contributed by atoms with Gasteiger partial charge in [-0.1, -0.05) is 29.8 Å². The van der Waals surface area contributed by atoms with Crippen LogP contribution in [0, 0.1) is 6.92 Å². The molecule has 0 aromatic heterocycles. The molecule has 0 radical (unpaired) electrons. The predicted molar refractivity (Wildman–Crippen MR) is 83.6 cm³/mol. The van der Waals surface area contributed by atoms with Gasteiger partial charge in [0.05, 0.1) is 11.4 Å². The number of benzene rings is 2. The summed E-state index contributed by atoms with van der Waals surface area (Å²) in [4.78, 5) is 12.9. The second kappa shape index (κ2) is 6.68. The molecule has 104 valence electrons. The first-order valence-electron chi connectivity index (χ1n) is 6.03. The molecule has 2 N–H and O–H groups in total. The van der Waals surface area contributed by atoms with E-state index in [2.05, 4.69) is 5.32 Å². The molecule has 0 saturated carbocycles. The first-order valence-corrected chi connectivity index (χ1v) is 7.39. The van der Waals surface area contributed by atoms with Crippen LogP contribution in [0.3, 0.4) is 0 Å². The first kappa shape index (κ1) is 14.8. The van der Waals surface area contributed by atoms with Crippen molar-refractivity contribution in [1.29, 1.82) is 0 Å². The van der Waals surface area contributed by atoms with Crippen LogP contribution in [0.4, 0.5) is 5.69 Å². The Morgan fingerprint density at radius 2 is 2.00 bits per heavy atom. The Morgan fingerprint density at radius 1 is 1.30 bits per heavy atom. The van der Waals surface area contributed by atoms with Gasteiger partial charge in [-0.15, -0.1) is 11.8 Å². The molecule has 0 heterocycles. The second-order valence-electron chi connectivity index (χ2n) is 4.27. The van der Waals surface area contributed by atoms with Gasteiger partial charge in [-0.25, -0.2) is 0 Å². The van der Waals surface area contributed by atoms with Gasteiger partial charge < -0.3 is 10.4 Å². The van der Waals surface area contributed by atoms with E-state index in [4.69, 9.17) is 11.6 Å². The molecule has 5 heteroatoms. The van der Waals surface area contributed by atoms with E-state index in [1.807, 2.05) is 30.3 Å². The Kier molecular flexibility index (Phi) is 4.93. The summed E-state index contributed by atoms with van der Waals surface area (Å²) in [5, 5.41) is 13.0. The van der Waals surface area contributed by atoms with Crippen LogP contribution in [0.2, 0.25) is 5.02 Å². The molecule has 3 nitrogen and oxygen atoms in total. The van der Waals surface area contributed by atoms with Crippen LogP contribution >= 0.6 is 23.4 Å². The van der Waals surface area contributed by atoms with E-state index in [0.717, 1.165) is 4.90 Å². The van der Waals surface area contributed by atoms with Gasteiger partial charge in [0.1, 0.15) is 5.75 Å². The number of phenols is 1. The normalized spacial score (nSPS) is 10.3. The lowest BCUT2D eigenvalue weighted by atomic mass is 10.2. The highest BCUT2D eigenvalue weighted by molar-refractivity contribution is 8.00. The van der Waals surface area contributed by atoms with Crippen LogP contribution in [-0.4, -0.2) is 16.8 Å². The van der Waals surface area contributed by atoms with Crippen molar-refractivity contribution in [2.24, 2.45) is 0 Å².